The van der Waals surface area contributed by atoms with Crippen LogP contribution in [-0.4, -0.2) is 29.7 Å². The van der Waals surface area contributed by atoms with E-state index in [4.69, 9.17) is 9.72 Å². The van der Waals surface area contributed by atoms with E-state index in [1.54, 1.807) is 0 Å². The summed E-state index contributed by atoms with van der Waals surface area (Å²) in [5.74, 6) is 3.56. The SMILES string of the molecule is Cc1nc(N2CCCC2)c2cccc(OCC3CC3)c2n1. The molecule has 4 rings (SSSR count). The Kier molecular flexibility index (Phi) is 3.17. The fourth-order valence-corrected chi connectivity index (χ4v) is 3.00. The molecule has 2 aliphatic rings. The van der Waals surface area contributed by atoms with Gasteiger partial charge in [-0.1, -0.05) is 6.07 Å². The molecule has 1 aromatic carbocycles. The zero-order valence-corrected chi connectivity index (χ0v) is 12.5. The van der Waals surface area contributed by atoms with Crippen LogP contribution in [0.1, 0.15) is 31.5 Å². The first-order valence-electron chi connectivity index (χ1n) is 7.96. The predicted octanol–water partition coefficient (Wildman–Crippen LogP) is 3.33. The van der Waals surface area contributed by atoms with Gasteiger partial charge in [-0.25, -0.2) is 9.97 Å². The Labute approximate surface area is 125 Å². The van der Waals surface area contributed by atoms with Gasteiger partial charge in [0.15, 0.2) is 0 Å². The maximum atomic E-state index is 6.01. The fraction of sp³-hybridized carbons (Fsp3) is 0.529. The molecule has 21 heavy (non-hydrogen) atoms. The Morgan fingerprint density at radius 3 is 2.76 bits per heavy atom. The Hall–Kier alpha value is -1.84. The molecule has 4 heteroatoms. The average molecular weight is 283 g/mol. The van der Waals surface area contributed by atoms with Gasteiger partial charge in [-0.3, -0.25) is 0 Å². The van der Waals surface area contributed by atoms with Crippen molar-refractivity contribution in [2.75, 3.05) is 24.6 Å². The van der Waals surface area contributed by atoms with Crippen molar-refractivity contribution in [3.8, 4) is 5.75 Å². The number of hydrogen-bond donors (Lipinski definition) is 0. The highest BCUT2D eigenvalue weighted by atomic mass is 16.5. The van der Waals surface area contributed by atoms with Crippen LogP contribution in [0.4, 0.5) is 5.82 Å². The number of benzene rings is 1. The van der Waals surface area contributed by atoms with E-state index in [2.05, 4.69) is 22.0 Å². The second kappa shape index (κ2) is 5.17. The fourth-order valence-electron chi connectivity index (χ4n) is 3.00. The monoisotopic (exact) mass is 283 g/mol. The van der Waals surface area contributed by atoms with E-state index in [1.807, 2.05) is 13.0 Å². The number of anilines is 1. The molecule has 1 saturated heterocycles. The van der Waals surface area contributed by atoms with Gasteiger partial charge in [-0.15, -0.1) is 0 Å². The summed E-state index contributed by atoms with van der Waals surface area (Å²) in [6, 6.07) is 6.21. The van der Waals surface area contributed by atoms with E-state index in [0.717, 1.165) is 53.9 Å². The van der Waals surface area contributed by atoms with E-state index in [0.29, 0.717) is 0 Å². The third-order valence-electron chi connectivity index (χ3n) is 4.36. The third-order valence-corrected chi connectivity index (χ3v) is 4.36. The van der Waals surface area contributed by atoms with Crippen LogP contribution in [0.25, 0.3) is 10.9 Å². The van der Waals surface area contributed by atoms with Crippen molar-refractivity contribution in [3.63, 3.8) is 0 Å². The Balaban J connectivity index is 1.76. The first kappa shape index (κ1) is 12.9. The van der Waals surface area contributed by atoms with Gasteiger partial charge in [-0.2, -0.15) is 0 Å². The van der Waals surface area contributed by atoms with E-state index < -0.39 is 0 Å². The van der Waals surface area contributed by atoms with Gasteiger partial charge in [0.25, 0.3) is 0 Å². The third kappa shape index (κ3) is 2.55. The molecule has 1 aromatic heterocycles. The molecule has 0 bridgehead atoms. The van der Waals surface area contributed by atoms with Gasteiger partial charge in [0.05, 0.1) is 6.61 Å². The molecule has 2 fully saturated rings. The Morgan fingerprint density at radius 2 is 2.00 bits per heavy atom. The lowest BCUT2D eigenvalue weighted by molar-refractivity contribution is 0.302. The zero-order chi connectivity index (χ0) is 14.2. The van der Waals surface area contributed by atoms with Crippen molar-refractivity contribution >= 4 is 16.7 Å². The van der Waals surface area contributed by atoms with E-state index in [9.17, 15) is 0 Å². The van der Waals surface area contributed by atoms with Crippen molar-refractivity contribution in [2.45, 2.75) is 32.6 Å². The van der Waals surface area contributed by atoms with E-state index in [-0.39, 0.29) is 0 Å². The number of hydrogen-bond acceptors (Lipinski definition) is 4. The summed E-state index contributed by atoms with van der Waals surface area (Å²) < 4.78 is 6.01. The summed E-state index contributed by atoms with van der Waals surface area (Å²) in [6.07, 6.45) is 5.11. The minimum atomic E-state index is 0.751. The molecule has 1 aliphatic carbocycles. The number of aromatic nitrogens is 2. The summed E-state index contributed by atoms with van der Waals surface area (Å²) in [6.45, 7) is 4.98. The molecule has 2 heterocycles. The minimum absolute atomic E-state index is 0.751. The second-order valence-corrected chi connectivity index (χ2v) is 6.20. The van der Waals surface area contributed by atoms with Gasteiger partial charge in [0, 0.05) is 18.5 Å². The average Bonchev–Trinajstić information content (AvgIpc) is 3.16. The summed E-state index contributed by atoms with van der Waals surface area (Å²) in [4.78, 5) is 11.7. The van der Waals surface area contributed by atoms with Crippen LogP contribution >= 0.6 is 0 Å². The Bertz CT molecular complexity index is 660. The van der Waals surface area contributed by atoms with Gasteiger partial charge >= 0.3 is 0 Å². The first-order chi connectivity index (χ1) is 10.3. The maximum absolute atomic E-state index is 6.01. The number of para-hydroxylation sites is 1. The number of fused-ring (bicyclic) bond motifs is 1. The molecule has 0 radical (unpaired) electrons. The molecule has 1 aliphatic heterocycles. The molecular formula is C17H21N3O. The van der Waals surface area contributed by atoms with Gasteiger partial charge in [0.1, 0.15) is 22.9 Å². The normalized spacial score (nSPS) is 18.4. The highest BCUT2D eigenvalue weighted by Crippen LogP contribution is 2.34. The van der Waals surface area contributed by atoms with Crippen LogP contribution in [0.15, 0.2) is 18.2 Å². The van der Waals surface area contributed by atoms with Crippen molar-refractivity contribution < 1.29 is 4.74 Å². The maximum Gasteiger partial charge on any atom is 0.145 e. The van der Waals surface area contributed by atoms with E-state index >= 15 is 0 Å². The summed E-state index contributed by atoms with van der Waals surface area (Å²) in [5, 5.41) is 1.12. The lowest BCUT2D eigenvalue weighted by Gasteiger charge is -2.19. The molecule has 0 unspecified atom stereocenters. The van der Waals surface area contributed by atoms with Crippen LogP contribution in [0.5, 0.6) is 5.75 Å². The van der Waals surface area contributed by atoms with Crippen LogP contribution in [0, 0.1) is 12.8 Å². The summed E-state index contributed by atoms with van der Waals surface area (Å²) in [5.41, 5.74) is 0.965. The number of ether oxygens (including phenoxy) is 1. The highest BCUT2D eigenvalue weighted by Gasteiger charge is 2.23. The minimum Gasteiger partial charge on any atom is -0.491 e. The topological polar surface area (TPSA) is 38.2 Å². The zero-order valence-electron chi connectivity index (χ0n) is 12.5. The summed E-state index contributed by atoms with van der Waals surface area (Å²) >= 11 is 0. The van der Waals surface area contributed by atoms with Crippen LogP contribution in [0.3, 0.4) is 0 Å². The molecule has 0 spiro atoms. The molecule has 0 atom stereocenters. The number of rotatable bonds is 4. The van der Waals surface area contributed by atoms with Crippen molar-refractivity contribution in [3.05, 3.63) is 24.0 Å². The lowest BCUT2D eigenvalue weighted by Crippen LogP contribution is -2.20. The molecule has 4 nitrogen and oxygen atoms in total. The number of aryl methyl sites for hydroxylation is 1. The second-order valence-electron chi connectivity index (χ2n) is 6.20. The smallest absolute Gasteiger partial charge is 0.145 e. The standard InChI is InChI=1S/C17H21N3O/c1-12-18-16-14(17(19-12)20-9-2-3-10-20)5-4-6-15(16)21-11-13-7-8-13/h4-6,13H,2-3,7-11H2,1H3. The molecule has 2 aromatic rings. The molecule has 0 amide bonds. The lowest BCUT2D eigenvalue weighted by atomic mass is 10.2. The largest absolute Gasteiger partial charge is 0.491 e. The quantitative estimate of drug-likeness (QED) is 0.862. The van der Waals surface area contributed by atoms with Crippen molar-refractivity contribution in [2.24, 2.45) is 5.92 Å². The van der Waals surface area contributed by atoms with Crippen molar-refractivity contribution in [1.82, 2.24) is 9.97 Å². The van der Waals surface area contributed by atoms with Crippen LogP contribution < -0.4 is 9.64 Å². The highest BCUT2D eigenvalue weighted by molar-refractivity contribution is 5.93. The van der Waals surface area contributed by atoms with E-state index in [1.165, 1.54) is 25.7 Å². The first-order valence-corrected chi connectivity index (χ1v) is 7.96. The predicted molar refractivity (Wildman–Crippen MR) is 83.9 cm³/mol. The van der Waals surface area contributed by atoms with Crippen molar-refractivity contribution in [1.29, 1.82) is 0 Å². The van der Waals surface area contributed by atoms with Gasteiger partial charge in [0.2, 0.25) is 0 Å². The molecule has 1 saturated carbocycles. The molecular weight excluding hydrogens is 262 g/mol. The van der Waals surface area contributed by atoms with Gasteiger partial charge in [-0.05, 0) is 50.7 Å². The Morgan fingerprint density at radius 1 is 1.19 bits per heavy atom. The van der Waals surface area contributed by atoms with Crippen LogP contribution in [0.2, 0.25) is 0 Å². The van der Waals surface area contributed by atoms with Gasteiger partial charge < -0.3 is 9.64 Å². The van der Waals surface area contributed by atoms with Crippen LogP contribution in [-0.2, 0) is 0 Å². The molecule has 110 valence electrons. The number of nitrogens with zero attached hydrogens (tertiary/aromatic N) is 3. The summed E-state index contributed by atoms with van der Waals surface area (Å²) in [7, 11) is 0. The molecule has 0 N–H and O–H groups in total.